The highest BCUT2D eigenvalue weighted by molar-refractivity contribution is 7.97. The van der Waals surface area contributed by atoms with Gasteiger partial charge in [0.05, 0.1) is 18.2 Å². The normalized spacial score (nSPS) is 19.7. The van der Waals surface area contributed by atoms with Crippen LogP contribution in [-0.4, -0.2) is 40.7 Å². The molecule has 30 heavy (non-hydrogen) atoms. The molecule has 160 valence electrons. The summed E-state index contributed by atoms with van der Waals surface area (Å²) in [5.74, 6) is -0.542. The molecule has 2 aromatic carbocycles. The highest BCUT2D eigenvalue weighted by Crippen LogP contribution is 2.31. The predicted molar refractivity (Wildman–Crippen MR) is 117 cm³/mol. The van der Waals surface area contributed by atoms with E-state index in [1.54, 1.807) is 19.1 Å². The number of carbonyl (C=O) groups excluding carboxylic acids is 2. The molecule has 6 nitrogen and oxygen atoms in total. The van der Waals surface area contributed by atoms with Gasteiger partial charge in [0, 0.05) is 29.3 Å². The van der Waals surface area contributed by atoms with Crippen molar-refractivity contribution in [2.45, 2.75) is 49.8 Å². The third-order valence-electron chi connectivity index (χ3n) is 5.34. The number of fused-ring (bicyclic) bond motifs is 1. The molecule has 0 aliphatic heterocycles. The van der Waals surface area contributed by atoms with Gasteiger partial charge in [-0.15, -0.1) is 0 Å². The van der Waals surface area contributed by atoms with Crippen molar-refractivity contribution in [3.8, 4) is 0 Å². The van der Waals surface area contributed by atoms with E-state index in [-0.39, 0.29) is 17.6 Å². The lowest BCUT2D eigenvalue weighted by Crippen LogP contribution is -2.38. The molecular weight excluding hydrogens is 400 g/mol. The average Bonchev–Trinajstić information content (AvgIpc) is 3.03. The van der Waals surface area contributed by atoms with Gasteiger partial charge in [-0.25, -0.2) is 0 Å². The lowest BCUT2D eigenvalue weighted by Gasteiger charge is -2.22. The molecule has 0 spiro atoms. The van der Waals surface area contributed by atoms with Crippen LogP contribution in [0.15, 0.2) is 53.4 Å². The standard InChI is InChI=1S/C23H28N2O4S/c1-14(23(29)25-22-20-6-4-3-5-17(20)12-21(22)28)11-18(27)13-24-30-19-9-7-16(8-10-19)15(2)26/h3-10,14,18,21-22,24,27-28H,11-13H2,1-2H3,(H,25,29). The first-order chi connectivity index (χ1) is 14.3. The molecule has 0 saturated heterocycles. The number of aliphatic hydroxyl groups excluding tert-OH is 2. The Morgan fingerprint density at radius 2 is 1.87 bits per heavy atom. The van der Waals surface area contributed by atoms with Crippen LogP contribution in [0, 0.1) is 5.92 Å². The van der Waals surface area contributed by atoms with Crippen LogP contribution >= 0.6 is 11.9 Å². The van der Waals surface area contributed by atoms with Gasteiger partial charge in [-0.3, -0.25) is 14.3 Å². The van der Waals surface area contributed by atoms with Gasteiger partial charge in [0.1, 0.15) is 0 Å². The molecule has 4 unspecified atom stereocenters. The molecule has 4 atom stereocenters. The van der Waals surface area contributed by atoms with E-state index in [0.717, 1.165) is 16.0 Å². The van der Waals surface area contributed by atoms with Crippen LogP contribution in [-0.2, 0) is 11.2 Å². The lowest BCUT2D eigenvalue weighted by molar-refractivity contribution is -0.127. The summed E-state index contributed by atoms with van der Waals surface area (Å²) in [6, 6.07) is 14.6. The Bertz CT molecular complexity index is 887. The smallest absolute Gasteiger partial charge is 0.223 e. The number of ketones is 1. The van der Waals surface area contributed by atoms with Crippen molar-refractivity contribution in [2.75, 3.05) is 6.54 Å². The number of Topliss-reactive ketones (excluding diaryl/α,β-unsaturated/α-hetero) is 1. The minimum absolute atomic E-state index is 0.0239. The van der Waals surface area contributed by atoms with Crippen molar-refractivity contribution in [3.63, 3.8) is 0 Å². The number of amides is 1. The SMILES string of the molecule is CC(=O)c1ccc(SNCC(O)CC(C)C(=O)NC2c3ccccc3CC2O)cc1. The number of nitrogens with one attached hydrogen (secondary N) is 2. The van der Waals surface area contributed by atoms with E-state index in [2.05, 4.69) is 10.0 Å². The molecule has 1 aliphatic rings. The van der Waals surface area contributed by atoms with Gasteiger partial charge < -0.3 is 15.5 Å². The summed E-state index contributed by atoms with van der Waals surface area (Å²) in [6.07, 6.45) is -0.466. The van der Waals surface area contributed by atoms with E-state index in [4.69, 9.17) is 0 Å². The van der Waals surface area contributed by atoms with Crippen molar-refractivity contribution >= 4 is 23.6 Å². The minimum Gasteiger partial charge on any atom is -0.392 e. The van der Waals surface area contributed by atoms with Gasteiger partial charge in [-0.1, -0.05) is 43.3 Å². The Balaban J connectivity index is 1.43. The zero-order chi connectivity index (χ0) is 21.7. The number of aliphatic hydroxyl groups is 2. The highest BCUT2D eigenvalue weighted by Gasteiger charge is 2.33. The van der Waals surface area contributed by atoms with Crippen LogP contribution in [0.2, 0.25) is 0 Å². The molecular formula is C23H28N2O4S. The van der Waals surface area contributed by atoms with Crippen molar-refractivity contribution in [3.05, 3.63) is 65.2 Å². The van der Waals surface area contributed by atoms with E-state index < -0.39 is 18.2 Å². The Labute approximate surface area is 181 Å². The number of hydrogen-bond acceptors (Lipinski definition) is 6. The van der Waals surface area contributed by atoms with Crippen LogP contribution in [0.4, 0.5) is 0 Å². The molecule has 1 aliphatic carbocycles. The third kappa shape index (κ3) is 5.70. The number of rotatable bonds is 9. The van der Waals surface area contributed by atoms with Gasteiger partial charge in [0.25, 0.3) is 0 Å². The van der Waals surface area contributed by atoms with E-state index >= 15 is 0 Å². The van der Waals surface area contributed by atoms with Crippen LogP contribution in [0.25, 0.3) is 0 Å². The maximum Gasteiger partial charge on any atom is 0.223 e. The molecule has 0 heterocycles. The second kappa shape index (κ2) is 10.2. The fourth-order valence-corrected chi connectivity index (χ4v) is 4.34. The number of hydrogen-bond donors (Lipinski definition) is 4. The van der Waals surface area contributed by atoms with Gasteiger partial charge >= 0.3 is 0 Å². The highest BCUT2D eigenvalue weighted by atomic mass is 32.2. The predicted octanol–water partition coefficient (Wildman–Crippen LogP) is 2.65. The minimum atomic E-state index is -0.685. The summed E-state index contributed by atoms with van der Waals surface area (Å²) in [5, 5.41) is 23.5. The number of benzene rings is 2. The summed E-state index contributed by atoms with van der Waals surface area (Å²) < 4.78 is 3.10. The number of carbonyl (C=O) groups is 2. The topological polar surface area (TPSA) is 98.7 Å². The fraction of sp³-hybridized carbons (Fsp3) is 0.391. The van der Waals surface area contributed by atoms with Gasteiger partial charge in [-0.05, 0) is 48.6 Å². The molecule has 0 aromatic heterocycles. The van der Waals surface area contributed by atoms with Crippen LogP contribution < -0.4 is 10.0 Å². The molecule has 2 aromatic rings. The lowest BCUT2D eigenvalue weighted by atomic mass is 10.0. The summed E-state index contributed by atoms with van der Waals surface area (Å²) in [4.78, 5) is 24.8. The molecule has 0 bridgehead atoms. The maximum absolute atomic E-state index is 12.6. The van der Waals surface area contributed by atoms with Crippen LogP contribution in [0.5, 0.6) is 0 Å². The Morgan fingerprint density at radius 1 is 1.17 bits per heavy atom. The molecule has 0 radical (unpaired) electrons. The van der Waals surface area contributed by atoms with E-state index in [1.165, 1.54) is 18.9 Å². The first-order valence-electron chi connectivity index (χ1n) is 10.1. The first-order valence-corrected chi connectivity index (χ1v) is 10.9. The molecule has 4 N–H and O–H groups in total. The second-order valence-corrected chi connectivity index (χ2v) is 8.74. The van der Waals surface area contributed by atoms with Crippen molar-refractivity contribution in [2.24, 2.45) is 5.92 Å². The van der Waals surface area contributed by atoms with Crippen molar-refractivity contribution in [1.29, 1.82) is 0 Å². The van der Waals surface area contributed by atoms with Gasteiger partial charge in [0.15, 0.2) is 5.78 Å². The van der Waals surface area contributed by atoms with Crippen molar-refractivity contribution in [1.82, 2.24) is 10.0 Å². The van der Waals surface area contributed by atoms with E-state index in [9.17, 15) is 19.8 Å². The quantitative estimate of drug-likeness (QED) is 0.362. The zero-order valence-corrected chi connectivity index (χ0v) is 18.0. The van der Waals surface area contributed by atoms with Gasteiger partial charge in [-0.2, -0.15) is 0 Å². The summed E-state index contributed by atoms with van der Waals surface area (Å²) in [6.45, 7) is 3.63. The maximum atomic E-state index is 12.6. The molecule has 0 fully saturated rings. The van der Waals surface area contributed by atoms with Crippen molar-refractivity contribution < 1.29 is 19.8 Å². The van der Waals surface area contributed by atoms with E-state index in [0.29, 0.717) is 24.9 Å². The molecule has 1 amide bonds. The average molecular weight is 429 g/mol. The summed E-state index contributed by atoms with van der Waals surface area (Å²) in [5.41, 5.74) is 2.68. The third-order valence-corrected chi connectivity index (χ3v) is 6.16. The molecule has 7 heteroatoms. The summed E-state index contributed by atoms with van der Waals surface area (Å²) in [7, 11) is 0. The largest absolute Gasteiger partial charge is 0.392 e. The second-order valence-electron chi connectivity index (χ2n) is 7.78. The Morgan fingerprint density at radius 3 is 2.57 bits per heavy atom. The Hall–Kier alpha value is -2.19. The zero-order valence-electron chi connectivity index (χ0n) is 17.2. The summed E-state index contributed by atoms with van der Waals surface area (Å²) >= 11 is 1.37. The molecule has 3 rings (SSSR count). The van der Waals surface area contributed by atoms with Gasteiger partial charge in [0.2, 0.25) is 5.91 Å². The molecule has 0 saturated carbocycles. The van der Waals surface area contributed by atoms with Crippen LogP contribution in [0.1, 0.15) is 47.8 Å². The van der Waals surface area contributed by atoms with E-state index in [1.807, 2.05) is 36.4 Å². The van der Waals surface area contributed by atoms with Crippen LogP contribution in [0.3, 0.4) is 0 Å². The fourth-order valence-electron chi connectivity index (χ4n) is 3.62. The first kappa shape index (κ1) is 22.5. The monoisotopic (exact) mass is 428 g/mol. The Kier molecular flexibility index (Phi) is 7.66.